The average molecular weight is 384 g/mol. The van der Waals surface area contributed by atoms with Crippen LogP contribution in [0.2, 0.25) is 0 Å². The van der Waals surface area contributed by atoms with E-state index in [2.05, 4.69) is 15.7 Å². The fraction of sp³-hybridized carbons (Fsp3) is 0.476. The van der Waals surface area contributed by atoms with Crippen molar-refractivity contribution >= 4 is 17.5 Å². The molecule has 0 aliphatic carbocycles. The second-order valence-corrected chi connectivity index (χ2v) is 7.21. The van der Waals surface area contributed by atoms with E-state index in [1.54, 1.807) is 18.2 Å². The highest BCUT2D eigenvalue weighted by Gasteiger charge is 2.19. The van der Waals surface area contributed by atoms with Gasteiger partial charge in [-0.2, -0.15) is 5.10 Å². The molecule has 0 saturated carbocycles. The normalized spacial score (nSPS) is 16.2. The smallest absolute Gasteiger partial charge is 0.253 e. The minimum absolute atomic E-state index is 0.0802. The van der Waals surface area contributed by atoms with E-state index in [-0.39, 0.29) is 17.9 Å². The fourth-order valence-corrected chi connectivity index (χ4v) is 3.53. The summed E-state index contributed by atoms with van der Waals surface area (Å²) in [6, 6.07) is 7.07. The maximum atomic E-state index is 12.5. The molecule has 0 radical (unpaired) electrons. The van der Waals surface area contributed by atoms with Crippen molar-refractivity contribution in [2.75, 3.05) is 18.5 Å². The number of nitrogens with zero attached hydrogens (tertiary/aromatic N) is 2. The number of hydrogen-bond donors (Lipinski definition) is 2. The van der Waals surface area contributed by atoms with Gasteiger partial charge in [0.25, 0.3) is 5.91 Å². The first-order valence-electron chi connectivity index (χ1n) is 9.73. The quantitative estimate of drug-likeness (QED) is 0.768. The minimum atomic E-state index is -0.203. The number of anilines is 1. The van der Waals surface area contributed by atoms with Crippen molar-refractivity contribution in [2.24, 2.45) is 7.05 Å². The number of benzene rings is 1. The van der Waals surface area contributed by atoms with Gasteiger partial charge in [-0.3, -0.25) is 14.3 Å². The lowest BCUT2D eigenvalue weighted by Crippen LogP contribution is -2.32. The summed E-state index contributed by atoms with van der Waals surface area (Å²) in [5.74, 6) is -0.327. The van der Waals surface area contributed by atoms with Gasteiger partial charge in [0.2, 0.25) is 5.91 Å². The van der Waals surface area contributed by atoms with Crippen LogP contribution in [0.1, 0.15) is 46.6 Å². The highest BCUT2D eigenvalue weighted by Crippen LogP contribution is 2.18. The molecule has 2 amide bonds. The van der Waals surface area contributed by atoms with Gasteiger partial charge >= 0.3 is 0 Å². The molecule has 2 heterocycles. The summed E-state index contributed by atoms with van der Waals surface area (Å²) < 4.78 is 7.37. The second-order valence-electron chi connectivity index (χ2n) is 7.21. The second kappa shape index (κ2) is 9.01. The number of aromatic nitrogens is 2. The summed E-state index contributed by atoms with van der Waals surface area (Å²) in [5, 5.41) is 10.2. The molecule has 1 unspecified atom stereocenters. The largest absolute Gasteiger partial charge is 0.376 e. The van der Waals surface area contributed by atoms with Gasteiger partial charge in [-0.05, 0) is 50.8 Å². The van der Waals surface area contributed by atoms with Crippen molar-refractivity contribution in [1.29, 1.82) is 0 Å². The van der Waals surface area contributed by atoms with Crippen molar-refractivity contribution in [2.45, 2.75) is 45.6 Å². The number of amides is 2. The predicted molar refractivity (Wildman–Crippen MR) is 107 cm³/mol. The summed E-state index contributed by atoms with van der Waals surface area (Å²) in [4.78, 5) is 25.0. The molecule has 1 atom stereocenters. The van der Waals surface area contributed by atoms with Crippen LogP contribution in [0.4, 0.5) is 5.69 Å². The van der Waals surface area contributed by atoms with E-state index in [4.69, 9.17) is 4.74 Å². The van der Waals surface area contributed by atoms with Crippen LogP contribution in [0.25, 0.3) is 0 Å². The monoisotopic (exact) mass is 384 g/mol. The highest BCUT2D eigenvalue weighted by atomic mass is 16.5. The number of ether oxygens (including phenoxy) is 1. The molecule has 3 rings (SSSR count). The van der Waals surface area contributed by atoms with Crippen molar-refractivity contribution in [1.82, 2.24) is 15.1 Å². The first kappa shape index (κ1) is 20.1. The van der Waals surface area contributed by atoms with E-state index in [9.17, 15) is 9.59 Å². The van der Waals surface area contributed by atoms with Gasteiger partial charge < -0.3 is 15.4 Å². The lowest BCUT2D eigenvalue weighted by Gasteiger charge is -2.14. The Morgan fingerprint density at radius 3 is 2.75 bits per heavy atom. The molecule has 1 aromatic heterocycles. The molecule has 0 bridgehead atoms. The standard InChI is InChI=1S/C21H28N4O3/c1-14-17(15(2)25(3)24-14)10-11-20(26)23-19-9-5-4-8-18(19)21(27)22-13-16-7-6-12-28-16/h4-5,8-9,16H,6-7,10-13H2,1-3H3,(H,22,27)(H,23,26). The third-order valence-corrected chi connectivity index (χ3v) is 5.22. The lowest BCUT2D eigenvalue weighted by molar-refractivity contribution is -0.116. The maximum Gasteiger partial charge on any atom is 0.253 e. The van der Waals surface area contributed by atoms with Crippen LogP contribution in [0, 0.1) is 13.8 Å². The molecule has 7 heteroatoms. The average Bonchev–Trinajstić information content (AvgIpc) is 3.27. The Balaban J connectivity index is 1.58. The molecular formula is C21H28N4O3. The molecule has 28 heavy (non-hydrogen) atoms. The fourth-order valence-electron chi connectivity index (χ4n) is 3.53. The highest BCUT2D eigenvalue weighted by molar-refractivity contribution is 6.03. The first-order valence-corrected chi connectivity index (χ1v) is 9.73. The van der Waals surface area contributed by atoms with E-state index in [1.807, 2.05) is 31.6 Å². The zero-order valence-electron chi connectivity index (χ0n) is 16.7. The molecule has 1 aliphatic rings. The molecule has 1 fully saturated rings. The van der Waals surface area contributed by atoms with Gasteiger partial charge in [-0.1, -0.05) is 12.1 Å². The van der Waals surface area contributed by atoms with Gasteiger partial charge in [0.05, 0.1) is 23.0 Å². The zero-order chi connectivity index (χ0) is 20.1. The molecule has 0 spiro atoms. The SMILES string of the molecule is Cc1nn(C)c(C)c1CCC(=O)Nc1ccccc1C(=O)NCC1CCCO1. The lowest BCUT2D eigenvalue weighted by atomic mass is 10.1. The number of para-hydroxylation sites is 1. The molecule has 2 N–H and O–H groups in total. The van der Waals surface area contributed by atoms with Crippen LogP contribution in [-0.4, -0.2) is 40.9 Å². The van der Waals surface area contributed by atoms with Crippen molar-refractivity contribution in [3.63, 3.8) is 0 Å². The third kappa shape index (κ3) is 4.78. The van der Waals surface area contributed by atoms with Crippen molar-refractivity contribution in [3.8, 4) is 0 Å². The molecule has 1 aliphatic heterocycles. The summed E-state index contributed by atoms with van der Waals surface area (Å²) >= 11 is 0. The molecule has 150 valence electrons. The molecule has 2 aromatic rings. The van der Waals surface area contributed by atoms with Crippen LogP contribution in [0.5, 0.6) is 0 Å². The molecular weight excluding hydrogens is 356 g/mol. The predicted octanol–water partition coefficient (Wildman–Crippen LogP) is 2.52. The number of carbonyl (C=O) groups is 2. The van der Waals surface area contributed by atoms with Gasteiger partial charge in [0, 0.05) is 32.3 Å². The topological polar surface area (TPSA) is 85.2 Å². The summed E-state index contributed by atoms with van der Waals surface area (Å²) in [5.41, 5.74) is 4.10. The van der Waals surface area contributed by atoms with Gasteiger partial charge in [0.15, 0.2) is 0 Å². The molecule has 1 saturated heterocycles. The number of aryl methyl sites for hydroxylation is 2. The number of rotatable bonds is 7. The van der Waals surface area contributed by atoms with E-state index >= 15 is 0 Å². The molecule has 7 nitrogen and oxygen atoms in total. The minimum Gasteiger partial charge on any atom is -0.376 e. The van der Waals surface area contributed by atoms with Crippen LogP contribution >= 0.6 is 0 Å². The van der Waals surface area contributed by atoms with E-state index < -0.39 is 0 Å². The van der Waals surface area contributed by atoms with E-state index in [0.717, 1.165) is 36.4 Å². The van der Waals surface area contributed by atoms with Crippen LogP contribution in [0.3, 0.4) is 0 Å². The van der Waals surface area contributed by atoms with Crippen molar-refractivity contribution < 1.29 is 14.3 Å². The Morgan fingerprint density at radius 1 is 1.29 bits per heavy atom. The Morgan fingerprint density at radius 2 is 2.07 bits per heavy atom. The number of carbonyl (C=O) groups excluding carboxylic acids is 2. The number of hydrogen-bond acceptors (Lipinski definition) is 4. The van der Waals surface area contributed by atoms with Crippen molar-refractivity contribution in [3.05, 3.63) is 46.8 Å². The summed E-state index contributed by atoms with van der Waals surface area (Å²) in [6.07, 6.45) is 3.02. The summed E-state index contributed by atoms with van der Waals surface area (Å²) in [6.45, 7) is 5.19. The number of nitrogens with one attached hydrogen (secondary N) is 2. The first-order chi connectivity index (χ1) is 13.5. The van der Waals surface area contributed by atoms with Crippen LogP contribution in [-0.2, 0) is 23.0 Å². The van der Waals surface area contributed by atoms with E-state index in [1.165, 1.54) is 0 Å². The van der Waals surface area contributed by atoms with Gasteiger partial charge in [-0.25, -0.2) is 0 Å². The summed E-state index contributed by atoms with van der Waals surface area (Å²) in [7, 11) is 1.90. The van der Waals surface area contributed by atoms with Crippen LogP contribution < -0.4 is 10.6 Å². The third-order valence-electron chi connectivity index (χ3n) is 5.22. The Labute approximate surface area is 165 Å². The zero-order valence-corrected chi connectivity index (χ0v) is 16.7. The van der Waals surface area contributed by atoms with Gasteiger partial charge in [0.1, 0.15) is 0 Å². The van der Waals surface area contributed by atoms with Crippen LogP contribution in [0.15, 0.2) is 24.3 Å². The maximum absolute atomic E-state index is 12.5. The van der Waals surface area contributed by atoms with Gasteiger partial charge in [-0.15, -0.1) is 0 Å². The van der Waals surface area contributed by atoms with E-state index in [0.29, 0.717) is 30.6 Å². The Bertz CT molecular complexity index is 853. The Hall–Kier alpha value is -2.67. The molecule has 1 aromatic carbocycles. The Kier molecular flexibility index (Phi) is 6.46.